The Morgan fingerprint density at radius 2 is 1.80 bits per heavy atom. The van der Waals surface area contributed by atoms with Crippen molar-refractivity contribution >= 4 is 23.4 Å². The van der Waals surface area contributed by atoms with Crippen molar-refractivity contribution in [3.05, 3.63) is 70.2 Å². The van der Waals surface area contributed by atoms with Crippen molar-refractivity contribution in [3.63, 3.8) is 0 Å². The first-order valence-corrected chi connectivity index (χ1v) is 8.52. The monoisotopic (exact) mass is 357 g/mol. The minimum atomic E-state index is -0.462. The van der Waals surface area contributed by atoms with Crippen LogP contribution in [0.15, 0.2) is 48.5 Å². The fraction of sp³-hybridized carbons (Fsp3) is 0.263. The number of hydrogen-bond donors (Lipinski definition) is 2. The number of carbonyl (C=O) groups excluding carboxylic acids is 2. The van der Waals surface area contributed by atoms with E-state index in [2.05, 4.69) is 5.32 Å². The lowest BCUT2D eigenvalue weighted by Crippen LogP contribution is -2.51. The van der Waals surface area contributed by atoms with E-state index in [0.717, 1.165) is 16.7 Å². The van der Waals surface area contributed by atoms with E-state index >= 15 is 0 Å². The summed E-state index contributed by atoms with van der Waals surface area (Å²) in [5.41, 5.74) is 8.76. The Morgan fingerprint density at radius 3 is 2.48 bits per heavy atom. The summed E-state index contributed by atoms with van der Waals surface area (Å²) in [6, 6.07) is 14.8. The molecule has 0 saturated heterocycles. The molecule has 0 saturated carbocycles. The van der Waals surface area contributed by atoms with Crippen LogP contribution in [0.2, 0.25) is 5.02 Å². The van der Waals surface area contributed by atoms with Crippen LogP contribution >= 0.6 is 11.6 Å². The lowest BCUT2D eigenvalue weighted by Gasteiger charge is -2.34. The van der Waals surface area contributed by atoms with Crippen molar-refractivity contribution in [2.75, 3.05) is 6.54 Å². The van der Waals surface area contributed by atoms with E-state index in [9.17, 15) is 9.59 Å². The second kappa shape index (κ2) is 7.68. The third-order valence-electron chi connectivity index (χ3n) is 4.42. The summed E-state index contributed by atoms with van der Waals surface area (Å²) in [6.45, 7) is 1.09. The first-order chi connectivity index (χ1) is 12.0. The topological polar surface area (TPSA) is 75.4 Å². The molecule has 0 aliphatic carbocycles. The molecule has 0 fully saturated rings. The lowest BCUT2D eigenvalue weighted by molar-refractivity contribution is -0.127. The van der Waals surface area contributed by atoms with Gasteiger partial charge in [-0.25, -0.2) is 0 Å². The quantitative estimate of drug-likeness (QED) is 0.857. The smallest absolute Gasteiger partial charge is 0.235 e. The van der Waals surface area contributed by atoms with Crippen molar-refractivity contribution < 1.29 is 9.59 Å². The maximum atomic E-state index is 12.3. The summed E-state index contributed by atoms with van der Waals surface area (Å²) < 4.78 is 0. The molecule has 130 valence electrons. The van der Waals surface area contributed by atoms with Gasteiger partial charge < -0.3 is 11.1 Å². The fourth-order valence-corrected chi connectivity index (χ4v) is 3.19. The number of hydrogen-bond acceptors (Lipinski definition) is 3. The maximum absolute atomic E-state index is 12.3. The molecule has 0 aromatic heterocycles. The van der Waals surface area contributed by atoms with Crippen LogP contribution in [0.3, 0.4) is 0 Å². The minimum Gasteiger partial charge on any atom is -0.368 e. The van der Waals surface area contributed by atoms with E-state index in [1.54, 1.807) is 12.1 Å². The van der Waals surface area contributed by atoms with E-state index < -0.39 is 11.9 Å². The number of fused-ring (bicyclic) bond motifs is 1. The molecule has 2 aromatic rings. The molecule has 0 spiro atoms. The molecule has 2 aromatic carbocycles. The third-order valence-corrected chi connectivity index (χ3v) is 4.68. The van der Waals surface area contributed by atoms with Crippen molar-refractivity contribution in [1.29, 1.82) is 0 Å². The Labute approximate surface area is 151 Å². The van der Waals surface area contributed by atoms with Gasteiger partial charge in [0.25, 0.3) is 0 Å². The highest BCUT2D eigenvalue weighted by atomic mass is 35.5. The van der Waals surface area contributed by atoms with Gasteiger partial charge in [-0.3, -0.25) is 14.5 Å². The first kappa shape index (κ1) is 17.5. The van der Waals surface area contributed by atoms with E-state index in [4.69, 9.17) is 17.3 Å². The third kappa shape index (κ3) is 4.38. The number of carbonyl (C=O) groups is 2. The van der Waals surface area contributed by atoms with Gasteiger partial charge in [-0.05, 0) is 35.2 Å². The largest absolute Gasteiger partial charge is 0.368 e. The maximum Gasteiger partial charge on any atom is 0.235 e. The summed E-state index contributed by atoms with van der Waals surface area (Å²) in [7, 11) is 0. The summed E-state index contributed by atoms with van der Waals surface area (Å²) in [5, 5.41) is 3.53. The number of primary amides is 1. The number of rotatable bonds is 5. The average Bonchev–Trinajstić information content (AvgIpc) is 2.60. The molecule has 0 radical (unpaired) electrons. The molecule has 2 amide bonds. The van der Waals surface area contributed by atoms with Crippen LogP contribution < -0.4 is 11.1 Å². The lowest BCUT2D eigenvalue weighted by atomic mass is 9.93. The summed E-state index contributed by atoms with van der Waals surface area (Å²) in [6.07, 6.45) is 0.538. The van der Waals surface area contributed by atoms with Gasteiger partial charge in [0.2, 0.25) is 11.8 Å². The highest BCUT2D eigenvalue weighted by Gasteiger charge is 2.31. The molecule has 3 rings (SSSR count). The highest BCUT2D eigenvalue weighted by molar-refractivity contribution is 6.30. The zero-order valence-electron chi connectivity index (χ0n) is 13.7. The van der Waals surface area contributed by atoms with Gasteiger partial charge in [0.1, 0.15) is 0 Å². The second-order valence-corrected chi connectivity index (χ2v) is 6.64. The van der Waals surface area contributed by atoms with Crippen LogP contribution in [0, 0.1) is 0 Å². The second-order valence-electron chi connectivity index (χ2n) is 6.20. The summed E-state index contributed by atoms with van der Waals surface area (Å²) in [5.74, 6) is -0.541. The van der Waals surface area contributed by atoms with Gasteiger partial charge in [-0.1, -0.05) is 48.0 Å². The Morgan fingerprint density at radius 1 is 1.12 bits per heavy atom. The molecule has 1 aliphatic rings. The molecule has 25 heavy (non-hydrogen) atoms. The Balaban J connectivity index is 1.62. The molecule has 5 nitrogen and oxygen atoms in total. The number of nitrogens with one attached hydrogen (secondary N) is 1. The molecular formula is C19H20ClN3O2. The van der Waals surface area contributed by atoms with Crippen LogP contribution in [0.5, 0.6) is 0 Å². The SMILES string of the molecule is NC(=O)[C@H]1Cc2ccccc2CN1CC(=O)NCc1ccc(Cl)cc1. The van der Waals surface area contributed by atoms with Crippen LogP contribution in [0.1, 0.15) is 16.7 Å². The number of benzene rings is 2. The molecule has 1 heterocycles. The Kier molecular flexibility index (Phi) is 5.36. The van der Waals surface area contributed by atoms with Gasteiger partial charge in [0, 0.05) is 18.1 Å². The molecule has 0 bridgehead atoms. The molecule has 6 heteroatoms. The van der Waals surface area contributed by atoms with E-state index in [-0.39, 0.29) is 12.5 Å². The highest BCUT2D eigenvalue weighted by Crippen LogP contribution is 2.22. The predicted octanol–water partition coefficient (Wildman–Crippen LogP) is 1.87. The minimum absolute atomic E-state index is 0.134. The zero-order chi connectivity index (χ0) is 17.8. The van der Waals surface area contributed by atoms with Gasteiger partial charge in [0.05, 0.1) is 12.6 Å². The number of amides is 2. The number of nitrogens with zero attached hydrogens (tertiary/aromatic N) is 1. The predicted molar refractivity (Wildman–Crippen MR) is 96.8 cm³/mol. The average molecular weight is 358 g/mol. The fourth-order valence-electron chi connectivity index (χ4n) is 3.07. The van der Waals surface area contributed by atoms with Crippen molar-refractivity contribution in [1.82, 2.24) is 10.2 Å². The van der Waals surface area contributed by atoms with Crippen LogP contribution in [-0.4, -0.2) is 29.3 Å². The summed E-state index contributed by atoms with van der Waals surface area (Å²) in [4.78, 5) is 25.9. The van der Waals surface area contributed by atoms with Crippen molar-refractivity contribution in [2.45, 2.75) is 25.6 Å². The molecule has 0 unspecified atom stereocenters. The standard InChI is InChI=1S/C19H20ClN3O2/c20-16-7-5-13(6-8-16)10-22-18(24)12-23-11-15-4-2-1-3-14(15)9-17(23)19(21)25/h1-8,17H,9-12H2,(H2,21,25)(H,22,24)/t17-/m1/s1. The zero-order valence-corrected chi connectivity index (χ0v) is 14.5. The van der Waals surface area contributed by atoms with Crippen LogP contribution in [-0.2, 0) is 29.1 Å². The Hall–Kier alpha value is -2.37. The molecule has 1 atom stereocenters. The number of halogens is 1. The molecule has 1 aliphatic heterocycles. The first-order valence-electron chi connectivity index (χ1n) is 8.14. The Bertz CT molecular complexity index is 776. The number of nitrogens with two attached hydrogens (primary N) is 1. The normalized spacial score (nSPS) is 16.9. The van der Waals surface area contributed by atoms with E-state index in [1.807, 2.05) is 41.3 Å². The van der Waals surface area contributed by atoms with Crippen molar-refractivity contribution in [3.8, 4) is 0 Å². The van der Waals surface area contributed by atoms with Crippen LogP contribution in [0.25, 0.3) is 0 Å². The molecular weight excluding hydrogens is 338 g/mol. The van der Waals surface area contributed by atoms with Crippen LogP contribution in [0.4, 0.5) is 0 Å². The summed E-state index contributed by atoms with van der Waals surface area (Å²) >= 11 is 5.85. The van der Waals surface area contributed by atoms with E-state index in [0.29, 0.717) is 24.5 Å². The van der Waals surface area contributed by atoms with Gasteiger partial charge in [0.15, 0.2) is 0 Å². The van der Waals surface area contributed by atoms with Gasteiger partial charge >= 0.3 is 0 Å². The molecule has 3 N–H and O–H groups in total. The van der Waals surface area contributed by atoms with Crippen molar-refractivity contribution in [2.24, 2.45) is 5.73 Å². The van der Waals surface area contributed by atoms with Gasteiger partial charge in [-0.2, -0.15) is 0 Å². The van der Waals surface area contributed by atoms with Gasteiger partial charge in [-0.15, -0.1) is 0 Å². The van der Waals surface area contributed by atoms with E-state index in [1.165, 1.54) is 0 Å².